The van der Waals surface area contributed by atoms with Gasteiger partial charge in [0.1, 0.15) is 0 Å². The largest absolute Gasteiger partial charge is 0.367 e. The van der Waals surface area contributed by atoms with Gasteiger partial charge in [-0.1, -0.05) is 42.8 Å². The Morgan fingerprint density at radius 2 is 1.90 bits per heavy atom. The lowest BCUT2D eigenvalue weighted by Gasteiger charge is -2.29. The number of hydrogen-bond acceptors (Lipinski definition) is 2. The van der Waals surface area contributed by atoms with Crippen molar-refractivity contribution in [2.24, 2.45) is 0 Å². The van der Waals surface area contributed by atoms with Gasteiger partial charge in [-0.3, -0.25) is 4.79 Å². The minimum absolute atomic E-state index is 0.134. The molecule has 21 heavy (non-hydrogen) atoms. The first kappa shape index (κ1) is 15.6. The second-order valence-corrected chi connectivity index (χ2v) is 5.57. The number of anilines is 1. The van der Waals surface area contributed by atoms with Gasteiger partial charge < -0.3 is 4.90 Å². The van der Waals surface area contributed by atoms with E-state index < -0.39 is 0 Å². The third kappa shape index (κ3) is 3.45. The molecule has 0 aromatic heterocycles. The highest BCUT2D eigenvalue weighted by atomic mass is 35.5. The van der Waals surface area contributed by atoms with Crippen LogP contribution in [0.4, 0.5) is 5.69 Å². The monoisotopic (exact) mass is 301 g/mol. The fourth-order valence-electron chi connectivity index (χ4n) is 2.41. The summed E-state index contributed by atoms with van der Waals surface area (Å²) in [4.78, 5) is 14.2. The molecule has 3 heteroatoms. The first-order valence-corrected chi connectivity index (χ1v) is 7.53. The summed E-state index contributed by atoms with van der Waals surface area (Å²) in [5, 5.41) is 0.727. The van der Waals surface area contributed by atoms with Crippen LogP contribution in [-0.2, 0) is 0 Å². The number of Topliss-reactive ketones (excluding diaryl/α,β-unsaturated/α-hetero) is 1. The summed E-state index contributed by atoms with van der Waals surface area (Å²) in [5.74, 6) is 0.163. The molecule has 0 aliphatic carbocycles. The number of benzene rings is 2. The molecule has 110 valence electrons. The molecule has 2 aromatic rings. The van der Waals surface area contributed by atoms with Crippen LogP contribution >= 0.6 is 11.6 Å². The van der Waals surface area contributed by atoms with Crippen LogP contribution in [0.15, 0.2) is 48.5 Å². The summed E-state index contributed by atoms with van der Waals surface area (Å²) in [6, 6.07) is 15.7. The SMILES string of the molecule is CCC(=O)c1ccccc1N(C)C(C)c1cccc(Cl)c1. The Labute approximate surface area is 131 Å². The summed E-state index contributed by atoms with van der Waals surface area (Å²) in [6.07, 6.45) is 0.510. The van der Waals surface area contributed by atoms with Gasteiger partial charge in [0, 0.05) is 29.7 Å². The van der Waals surface area contributed by atoms with E-state index in [-0.39, 0.29) is 11.8 Å². The Kier molecular flexibility index (Phi) is 5.03. The lowest BCUT2D eigenvalue weighted by molar-refractivity contribution is 0.0988. The average Bonchev–Trinajstić information content (AvgIpc) is 2.52. The highest BCUT2D eigenvalue weighted by Crippen LogP contribution is 2.29. The zero-order valence-corrected chi connectivity index (χ0v) is 13.4. The van der Waals surface area contributed by atoms with Crippen LogP contribution in [0.25, 0.3) is 0 Å². The first-order valence-electron chi connectivity index (χ1n) is 7.15. The van der Waals surface area contributed by atoms with E-state index in [0.29, 0.717) is 6.42 Å². The van der Waals surface area contributed by atoms with Gasteiger partial charge in [0.05, 0.1) is 6.04 Å². The average molecular weight is 302 g/mol. The van der Waals surface area contributed by atoms with E-state index in [1.165, 1.54) is 0 Å². The van der Waals surface area contributed by atoms with Gasteiger partial charge in [0.15, 0.2) is 5.78 Å². The van der Waals surface area contributed by atoms with Crippen molar-refractivity contribution in [1.29, 1.82) is 0 Å². The van der Waals surface area contributed by atoms with Crippen molar-refractivity contribution >= 4 is 23.1 Å². The predicted octanol–water partition coefficient (Wildman–Crippen LogP) is 5.13. The highest BCUT2D eigenvalue weighted by Gasteiger charge is 2.17. The van der Waals surface area contributed by atoms with Gasteiger partial charge in [-0.25, -0.2) is 0 Å². The molecule has 0 fully saturated rings. The van der Waals surface area contributed by atoms with Crippen LogP contribution in [0.3, 0.4) is 0 Å². The van der Waals surface area contributed by atoms with Crippen molar-refractivity contribution in [2.75, 3.05) is 11.9 Å². The fourth-order valence-corrected chi connectivity index (χ4v) is 2.60. The zero-order chi connectivity index (χ0) is 15.4. The number of hydrogen-bond donors (Lipinski definition) is 0. The summed E-state index contributed by atoms with van der Waals surface area (Å²) < 4.78 is 0. The Balaban J connectivity index is 2.36. The summed E-state index contributed by atoms with van der Waals surface area (Å²) in [5.41, 5.74) is 2.86. The van der Waals surface area contributed by atoms with Crippen molar-refractivity contribution in [3.63, 3.8) is 0 Å². The normalized spacial score (nSPS) is 12.0. The first-order chi connectivity index (χ1) is 10.0. The lowest BCUT2D eigenvalue weighted by Crippen LogP contribution is -2.23. The van der Waals surface area contributed by atoms with Gasteiger partial charge in [-0.2, -0.15) is 0 Å². The third-order valence-corrected chi connectivity index (χ3v) is 4.05. The molecule has 0 N–H and O–H groups in total. The van der Waals surface area contributed by atoms with Crippen LogP contribution in [0.5, 0.6) is 0 Å². The summed E-state index contributed by atoms with van der Waals surface area (Å²) in [6.45, 7) is 4.00. The molecular formula is C18H20ClNO. The van der Waals surface area contributed by atoms with Gasteiger partial charge in [-0.05, 0) is 36.8 Å². The Bertz CT molecular complexity index is 639. The van der Waals surface area contributed by atoms with Crippen molar-refractivity contribution in [3.05, 3.63) is 64.7 Å². The maximum absolute atomic E-state index is 12.1. The van der Waals surface area contributed by atoms with Crippen LogP contribution in [0.1, 0.15) is 42.2 Å². The van der Waals surface area contributed by atoms with Crippen molar-refractivity contribution in [2.45, 2.75) is 26.3 Å². The third-order valence-electron chi connectivity index (χ3n) is 3.82. The molecule has 0 bridgehead atoms. The van der Waals surface area contributed by atoms with E-state index in [4.69, 9.17) is 11.6 Å². The van der Waals surface area contributed by atoms with E-state index in [2.05, 4.69) is 17.9 Å². The van der Waals surface area contributed by atoms with Crippen molar-refractivity contribution < 1.29 is 4.79 Å². The van der Waals surface area contributed by atoms with E-state index in [0.717, 1.165) is 21.8 Å². The van der Waals surface area contributed by atoms with E-state index in [1.54, 1.807) is 0 Å². The van der Waals surface area contributed by atoms with Crippen LogP contribution in [-0.4, -0.2) is 12.8 Å². The van der Waals surface area contributed by atoms with Crippen LogP contribution in [0.2, 0.25) is 5.02 Å². The fraction of sp³-hybridized carbons (Fsp3) is 0.278. The lowest BCUT2D eigenvalue weighted by atomic mass is 10.0. The number of carbonyl (C=O) groups excluding carboxylic acids is 1. The minimum Gasteiger partial charge on any atom is -0.367 e. The molecule has 0 heterocycles. The molecular weight excluding hydrogens is 282 g/mol. The van der Waals surface area contributed by atoms with Crippen molar-refractivity contribution in [1.82, 2.24) is 0 Å². The van der Waals surface area contributed by atoms with Gasteiger partial charge in [0.2, 0.25) is 0 Å². The van der Waals surface area contributed by atoms with Crippen molar-refractivity contribution in [3.8, 4) is 0 Å². The van der Waals surface area contributed by atoms with E-state index in [1.807, 2.05) is 56.4 Å². The summed E-state index contributed by atoms with van der Waals surface area (Å²) in [7, 11) is 2.01. The number of nitrogens with zero attached hydrogens (tertiary/aromatic N) is 1. The van der Waals surface area contributed by atoms with Gasteiger partial charge in [-0.15, -0.1) is 0 Å². The molecule has 0 spiro atoms. The molecule has 1 atom stereocenters. The molecule has 1 unspecified atom stereocenters. The quantitative estimate of drug-likeness (QED) is 0.714. The van der Waals surface area contributed by atoms with E-state index in [9.17, 15) is 4.79 Å². The van der Waals surface area contributed by atoms with Gasteiger partial charge in [0.25, 0.3) is 0 Å². The molecule has 2 rings (SSSR count). The molecule has 2 aromatic carbocycles. The second-order valence-electron chi connectivity index (χ2n) is 5.14. The second kappa shape index (κ2) is 6.77. The Hall–Kier alpha value is -1.80. The maximum atomic E-state index is 12.1. The molecule has 0 saturated carbocycles. The topological polar surface area (TPSA) is 20.3 Å². The molecule has 2 nitrogen and oxygen atoms in total. The standard InChI is InChI=1S/C18H20ClNO/c1-4-18(21)16-10-5-6-11-17(16)20(3)13(2)14-8-7-9-15(19)12-14/h5-13H,4H2,1-3H3. The molecule has 0 radical (unpaired) electrons. The Morgan fingerprint density at radius 1 is 1.19 bits per heavy atom. The molecule has 0 saturated heterocycles. The number of halogens is 1. The predicted molar refractivity (Wildman–Crippen MR) is 89.3 cm³/mol. The Morgan fingerprint density at radius 3 is 2.57 bits per heavy atom. The molecule has 0 aliphatic rings. The van der Waals surface area contributed by atoms with Gasteiger partial charge >= 0.3 is 0 Å². The number of carbonyl (C=O) groups is 1. The van der Waals surface area contributed by atoms with Crippen LogP contribution in [0, 0.1) is 0 Å². The molecule has 0 amide bonds. The number of para-hydroxylation sites is 1. The number of rotatable bonds is 5. The molecule has 0 aliphatic heterocycles. The summed E-state index contributed by atoms with van der Waals surface area (Å²) >= 11 is 6.07. The number of ketones is 1. The van der Waals surface area contributed by atoms with E-state index >= 15 is 0 Å². The zero-order valence-electron chi connectivity index (χ0n) is 12.6. The maximum Gasteiger partial charge on any atom is 0.164 e. The smallest absolute Gasteiger partial charge is 0.164 e. The minimum atomic E-state index is 0.134. The highest BCUT2D eigenvalue weighted by molar-refractivity contribution is 6.30. The van der Waals surface area contributed by atoms with Crippen LogP contribution < -0.4 is 4.90 Å².